The quantitative estimate of drug-likeness (QED) is 0.797. The van der Waals surface area contributed by atoms with Gasteiger partial charge in [0.2, 0.25) is 0 Å². The highest BCUT2D eigenvalue weighted by Gasteiger charge is 2.23. The number of benzene rings is 1. The summed E-state index contributed by atoms with van der Waals surface area (Å²) in [7, 11) is 1.95. The summed E-state index contributed by atoms with van der Waals surface area (Å²) < 4.78 is 28.6. The van der Waals surface area contributed by atoms with Crippen LogP contribution in [0.5, 0.6) is 5.75 Å². The van der Waals surface area contributed by atoms with Crippen LogP contribution in [0.25, 0.3) is 0 Å². The minimum absolute atomic E-state index is 0.0731. The minimum atomic E-state index is -2.81. The SMILES string of the molecule is C[C@@H]1CCCC[C@@H]1NC(=O)C[NH+](C)Cc1ccc(OC(F)F)cc1. The molecule has 2 N–H and O–H groups in total. The molecular weight excluding hydrogens is 314 g/mol. The molecular formula is C18H27F2N2O2+. The molecule has 2 rings (SSSR count). The van der Waals surface area contributed by atoms with Gasteiger partial charge >= 0.3 is 6.61 Å². The second-order valence-electron chi connectivity index (χ2n) is 6.77. The summed E-state index contributed by atoms with van der Waals surface area (Å²) in [5.74, 6) is 0.768. The molecule has 4 nitrogen and oxygen atoms in total. The Labute approximate surface area is 142 Å². The van der Waals surface area contributed by atoms with Crippen molar-refractivity contribution in [3.63, 3.8) is 0 Å². The first-order chi connectivity index (χ1) is 11.4. The molecule has 0 heterocycles. The van der Waals surface area contributed by atoms with Crippen LogP contribution in [-0.2, 0) is 11.3 Å². The number of amides is 1. The van der Waals surface area contributed by atoms with Crippen molar-refractivity contribution in [3.05, 3.63) is 29.8 Å². The van der Waals surface area contributed by atoms with Crippen molar-refractivity contribution in [2.45, 2.75) is 51.8 Å². The van der Waals surface area contributed by atoms with Crippen LogP contribution < -0.4 is 15.0 Å². The summed E-state index contributed by atoms with van der Waals surface area (Å²) in [4.78, 5) is 13.3. The molecule has 0 aliphatic heterocycles. The molecule has 0 saturated heterocycles. The van der Waals surface area contributed by atoms with E-state index in [0.717, 1.165) is 16.9 Å². The largest absolute Gasteiger partial charge is 0.435 e. The van der Waals surface area contributed by atoms with Crippen molar-refractivity contribution < 1.29 is 23.2 Å². The van der Waals surface area contributed by atoms with E-state index in [9.17, 15) is 13.6 Å². The van der Waals surface area contributed by atoms with E-state index in [2.05, 4.69) is 17.0 Å². The molecule has 1 aliphatic carbocycles. The molecule has 24 heavy (non-hydrogen) atoms. The van der Waals surface area contributed by atoms with Crippen molar-refractivity contribution in [2.24, 2.45) is 5.92 Å². The van der Waals surface area contributed by atoms with Gasteiger partial charge in [0, 0.05) is 11.6 Å². The van der Waals surface area contributed by atoms with Gasteiger partial charge in [-0.15, -0.1) is 0 Å². The highest BCUT2D eigenvalue weighted by Crippen LogP contribution is 2.23. The lowest BCUT2D eigenvalue weighted by Gasteiger charge is -2.29. The van der Waals surface area contributed by atoms with Crippen LogP contribution in [0.15, 0.2) is 24.3 Å². The molecule has 3 atom stereocenters. The third kappa shape index (κ3) is 6.07. The number of alkyl halides is 2. The molecule has 1 unspecified atom stereocenters. The van der Waals surface area contributed by atoms with Crippen LogP contribution in [-0.4, -0.2) is 32.2 Å². The lowest BCUT2D eigenvalue weighted by Crippen LogP contribution is -3.09. The van der Waals surface area contributed by atoms with Gasteiger partial charge in [0.05, 0.1) is 7.05 Å². The van der Waals surface area contributed by atoms with Gasteiger partial charge in [-0.3, -0.25) is 4.79 Å². The Hall–Kier alpha value is -1.69. The van der Waals surface area contributed by atoms with Gasteiger partial charge in [0.25, 0.3) is 5.91 Å². The van der Waals surface area contributed by atoms with E-state index in [1.807, 2.05) is 7.05 Å². The van der Waals surface area contributed by atoms with Crippen molar-refractivity contribution in [3.8, 4) is 5.75 Å². The third-order valence-corrected chi connectivity index (χ3v) is 4.57. The molecule has 0 radical (unpaired) electrons. The maximum atomic E-state index is 12.2. The fraction of sp³-hybridized carbons (Fsp3) is 0.611. The smallest absolute Gasteiger partial charge is 0.387 e. The van der Waals surface area contributed by atoms with Crippen molar-refractivity contribution in [2.75, 3.05) is 13.6 Å². The van der Waals surface area contributed by atoms with Gasteiger partial charge in [0.1, 0.15) is 12.3 Å². The van der Waals surface area contributed by atoms with E-state index in [0.29, 0.717) is 25.0 Å². The van der Waals surface area contributed by atoms with Gasteiger partial charge in [-0.2, -0.15) is 8.78 Å². The van der Waals surface area contributed by atoms with Crippen LogP contribution in [0.4, 0.5) is 8.78 Å². The first kappa shape index (κ1) is 18.6. The Morgan fingerprint density at radius 3 is 2.58 bits per heavy atom. The van der Waals surface area contributed by atoms with E-state index in [1.54, 1.807) is 12.1 Å². The van der Waals surface area contributed by atoms with Crippen molar-refractivity contribution in [1.82, 2.24) is 5.32 Å². The Bertz CT molecular complexity index is 522. The number of hydrogen-bond donors (Lipinski definition) is 2. The summed E-state index contributed by atoms with van der Waals surface area (Å²) in [6, 6.07) is 6.85. The highest BCUT2D eigenvalue weighted by molar-refractivity contribution is 5.77. The molecule has 0 spiro atoms. The van der Waals surface area contributed by atoms with E-state index >= 15 is 0 Å². The number of rotatable bonds is 7. The molecule has 0 aromatic heterocycles. The van der Waals surface area contributed by atoms with Crippen LogP contribution >= 0.6 is 0 Å². The van der Waals surface area contributed by atoms with Crippen molar-refractivity contribution >= 4 is 5.91 Å². The number of nitrogens with one attached hydrogen (secondary N) is 2. The monoisotopic (exact) mass is 341 g/mol. The topological polar surface area (TPSA) is 42.8 Å². The van der Waals surface area contributed by atoms with Crippen LogP contribution in [0.3, 0.4) is 0 Å². The van der Waals surface area contributed by atoms with Crippen LogP contribution in [0.1, 0.15) is 38.2 Å². The number of ether oxygens (including phenoxy) is 1. The third-order valence-electron chi connectivity index (χ3n) is 4.57. The summed E-state index contributed by atoms with van der Waals surface area (Å²) in [5.41, 5.74) is 0.980. The second kappa shape index (κ2) is 8.97. The van der Waals surface area contributed by atoms with E-state index in [-0.39, 0.29) is 11.7 Å². The molecule has 0 bridgehead atoms. The van der Waals surface area contributed by atoms with E-state index in [4.69, 9.17) is 0 Å². The Balaban J connectivity index is 1.77. The first-order valence-corrected chi connectivity index (χ1v) is 8.58. The number of halogens is 2. The minimum Gasteiger partial charge on any atom is -0.435 e. The summed E-state index contributed by atoms with van der Waals surface area (Å²) in [5, 5.41) is 3.15. The highest BCUT2D eigenvalue weighted by atomic mass is 19.3. The molecule has 1 saturated carbocycles. The molecule has 1 aromatic carbocycles. The number of likely N-dealkylation sites (N-methyl/N-ethyl adjacent to an activating group) is 1. The average molecular weight is 341 g/mol. The number of carbonyl (C=O) groups is 1. The number of hydrogen-bond acceptors (Lipinski definition) is 2. The molecule has 134 valence electrons. The second-order valence-corrected chi connectivity index (χ2v) is 6.77. The van der Waals surface area contributed by atoms with Gasteiger partial charge in [-0.25, -0.2) is 0 Å². The maximum absolute atomic E-state index is 12.2. The molecule has 1 amide bonds. The zero-order valence-electron chi connectivity index (χ0n) is 14.4. The normalized spacial score (nSPS) is 22.2. The van der Waals surface area contributed by atoms with E-state index < -0.39 is 6.61 Å². The lowest BCUT2D eigenvalue weighted by molar-refractivity contribution is -0.885. The van der Waals surface area contributed by atoms with E-state index in [1.165, 1.54) is 31.4 Å². The predicted octanol–water partition coefficient (Wildman–Crippen LogP) is 2.00. The fourth-order valence-corrected chi connectivity index (χ4v) is 3.26. The molecule has 1 aliphatic rings. The van der Waals surface area contributed by atoms with Crippen molar-refractivity contribution in [1.29, 1.82) is 0 Å². The molecule has 1 fully saturated rings. The average Bonchev–Trinajstić information content (AvgIpc) is 2.51. The first-order valence-electron chi connectivity index (χ1n) is 8.58. The Morgan fingerprint density at radius 1 is 1.29 bits per heavy atom. The predicted molar refractivity (Wildman–Crippen MR) is 88.1 cm³/mol. The summed E-state index contributed by atoms with van der Waals surface area (Å²) in [6.07, 6.45) is 4.69. The van der Waals surface area contributed by atoms with Gasteiger partial charge in [0.15, 0.2) is 6.54 Å². The fourth-order valence-electron chi connectivity index (χ4n) is 3.26. The summed E-state index contributed by atoms with van der Waals surface area (Å²) >= 11 is 0. The number of quaternary nitrogens is 1. The van der Waals surface area contributed by atoms with Gasteiger partial charge in [-0.1, -0.05) is 19.8 Å². The molecule has 6 heteroatoms. The zero-order valence-corrected chi connectivity index (χ0v) is 14.4. The van der Waals surface area contributed by atoms with Gasteiger partial charge in [-0.05, 0) is 43.0 Å². The molecule has 1 aromatic rings. The lowest BCUT2D eigenvalue weighted by atomic mass is 9.86. The Kier molecular flexibility index (Phi) is 6.97. The standard InChI is InChI=1S/C18H26F2N2O2/c1-13-5-3-4-6-16(13)21-17(23)12-22(2)11-14-7-9-15(10-8-14)24-18(19)20/h7-10,13,16,18H,3-6,11-12H2,1-2H3,(H,21,23)/p+1/t13-,16+/m1/s1. The zero-order chi connectivity index (χ0) is 17.5. The van der Waals surface area contributed by atoms with Crippen LogP contribution in [0.2, 0.25) is 0 Å². The van der Waals surface area contributed by atoms with Gasteiger partial charge < -0.3 is 15.0 Å². The Morgan fingerprint density at radius 2 is 1.96 bits per heavy atom. The summed E-state index contributed by atoms with van der Waals surface area (Å²) in [6.45, 7) is 0.445. The van der Waals surface area contributed by atoms with Crippen LogP contribution in [0, 0.1) is 5.92 Å². The number of carbonyl (C=O) groups excluding carboxylic acids is 1. The maximum Gasteiger partial charge on any atom is 0.387 e.